The zero-order chi connectivity index (χ0) is 30.4. The minimum atomic E-state index is -4.68. The number of anilines is 1. The number of benzene rings is 1. The molecule has 3 unspecified atom stereocenters. The van der Waals surface area contributed by atoms with E-state index in [9.17, 15) is 22.4 Å². The molecule has 4 heterocycles. The Balaban J connectivity index is 1.54. The zero-order valence-electron chi connectivity index (χ0n) is 22.8. The molecule has 1 amide bonds. The van der Waals surface area contributed by atoms with Crippen molar-refractivity contribution in [3.8, 4) is 11.3 Å². The second kappa shape index (κ2) is 11.6. The summed E-state index contributed by atoms with van der Waals surface area (Å²) in [6.45, 7) is 6.73. The first kappa shape index (κ1) is 30.5. The van der Waals surface area contributed by atoms with E-state index in [0.717, 1.165) is 18.9 Å². The highest BCUT2D eigenvalue weighted by atomic mass is 32.2. The number of hydrogen-bond acceptors (Lipinski definition) is 7. The third-order valence-corrected chi connectivity index (χ3v) is 9.41. The maximum atomic E-state index is 15.0. The molecule has 0 bridgehead atoms. The number of pyridine rings is 1. The van der Waals surface area contributed by atoms with E-state index in [4.69, 9.17) is 0 Å². The van der Waals surface area contributed by atoms with Crippen molar-refractivity contribution in [3.63, 3.8) is 0 Å². The van der Waals surface area contributed by atoms with E-state index in [0.29, 0.717) is 27.9 Å². The Morgan fingerprint density at radius 3 is 2.57 bits per heavy atom. The summed E-state index contributed by atoms with van der Waals surface area (Å²) in [5, 5.41) is 8.08. The Kier molecular flexibility index (Phi) is 8.47. The summed E-state index contributed by atoms with van der Waals surface area (Å²) >= 11 is 1.29. The number of rotatable bonds is 7. The molecule has 14 heteroatoms. The van der Waals surface area contributed by atoms with Crippen LogP contribution in [0.25, 0.3) is 11.3 Å². The van der Waals surface area contributed by atoms with Crippen LogP contribution in [-0.4, -0.2) is 49.2 Å². The van der Waals surface area contributed by atoms with Gasteiger partial charge >= 0.3 is 6.18 Å². The number of thioether (sulfide) groups is 1. The fourth-order valence-corrected chi connectivity index (χ4v) is 6.48. The van der Waals surface area contributed by atoms with Crippen molar-refractivity contribution >= 4 is 47.1 Å². The second-order valence-corrected chi connectivity index (χ2v) is 12.1. The van der Waals surface area contributed by atoms with Crippen LogP contribution in [0.4, 0.5) is 23.2 Å². The topological polar surface area (TPSA) is 74.2 Å². The van der Waals surface area contributed by atoms with Gasteiger partial charge in [0.05, 0.1) is 29.0 Å². The zero-order valence-corrected chi connectivity index (χ0v) is 25.9. The largest absolute Gasteiger partial charge is 0.433 e. The molecule has 1 saturated heterocycles. The quantitative estimate of drug-likeness (QED) is 0.153. The van der Waals surface area contributed by atoms with Gasteiger partial charge in [0.2, 0.25) is 0 Å². The summed E-state index contributed by atoms with van der Waals surface area (Å²) in [5.74, 6) is -0.815. The van der Waals surface area contributed by atoms with Crippen molar-refractivity contribution in [2.24, 2.45) is 0 Å². The molecule has 0 radical (unpaired) electrons. The lowest BCUT2D eigenvalue weighted by Crippen LogP contribution is -2.58. The van der Waals surface area contributed by atoms with Crippen molar-refractivity contribution in [2.45, 2.75) is 43.2 Å². The minimum Gasteiger partial charge on any atom is -0.354 e. The van der Waals surface area contributed by atoms with Crippen molar-refractivity contribution in [1.82, 2.24) is 25.0 Å². The van der Waals surface area contributed by atoms with Crippen LogP contribution in [0.3, 0.4) is 0 Å². The molecular formula is C28H28F4N6OP2S. The van der Waals surface area contributed by atoms with Crippen molar-refractivity contribution in [3.05, 3.63) is 83.0 Å². The number of alkyl halides is 3. The van der Waals surface area contributed by atoms with E-state index in [1.54, 1.807) is 24.5 Å². The van der Waals surface area contributed by atoms with Gasteiger partial charge in [-0.15, -0.1) is 18.5 Å². The van der Waals surface area contributed by atoms with Gasteiger partial charge < -0.3 is 5.32 Å². The van der Waals surface area contributed by atoms with Crippen LogP contribution in [0.15, 0.2) is 71.0 Å². The van der Waals surface area contributed by atoms with E-state index >= 15 is 0 Å². The van der Waals surface area contributed by atoms with Gasteiger partial charge in [0, 0.05) is 41.1 Å². The predicted molar refractivity (Wildman–Crippen MR) is 162 cm³/mol. The van der Waals surface area contributed by atoms with Crippen LogP contribution in [0.5, 0.6) is 0 Å². The van der Waals surface area contributed by atoms with Gasteiger partial charge in [0.25, 0.3) is 5.91 Å². The Morgan fingerprint density at radius 2 is 1.90 bits per heavy atom. The van der Waals surface area contributed by atoms with Crippen LogP contribution in [0.2, 0.25) is 0 Å². The normalized spacial score (nSPS) is 19.3. The number of amides is 1. The average Bonchev–Trinajstić information content (AvgIpc) is 3.36. The van der Waals surface area contributed by atoms with Gasteiger partial charge in [-0.3, -0.25) is 9.80 Å². The van der Waals surface area contributed by atoms with E-state index in [-0.39, 0.29) is 34.8 Å². The van der Waals surface area contributed by atoms with E-state index in [1.807, 2.05) is 11.9 Å². The molecule has 3 atom stereocenters. The molecule has 220 valence electrons. The molecule has 42 heavy (non-hydrogen) atoms. The molecule has 5 rings (SSSR count). The maximum absolute atomic E-state index is 15.0. The van der Waals surface area contributed by atoms with Gasteiger partial charge in [-0.2, -0.15) is 13.2 Å². The standard InChI is InChI=1S/C28H28F4N6OP2S/c1-15(35-18-8-9-20(28(30,31)32)36-23(18)17-12-33-26(42-3)34-13-17)21-24(41)27(2)10-5-11-38(27)37(25(21)39)14-16-6-4-7-19(40)22(16)29/h4,6-9,12-13,35H,1,5,10-11,14,40-41H2,2-3H3. The van der Waals surface area contributed by atoms with Gasteiger partial charge in [0.1, 0.15) is 11.5 Å². The number of nitrogens with one attached hydrogen (secondary N) is 1. The Morgan fingerprint density at radius 1 is 1.19 bits per heavy atom. The summed E-state index contributed by atoms with van der Waals surface area (Å²) in [5.41, 5.74) is -0.463. The van der Waals surface area contributed by atoms with Crippen LogP contribution >= 0.6 is 30.2 Å². The van der Waals surface area contributed by atoms with E-state index in [1.165, 1.54) is 35.2 Å². The molecule has 1 fully saturated rings. The Bertz CT molecular complexity index is 1600. The van der Waals surface area contributed by atoms with Crippen LogP contribution in [0, 0.1) is 5.82 Å². The van der Waals surface area contributed by atoms with Gasteiger partial charge in [-0.05, 0) is 43.5 Å². The molecule has 1 N–H and O–H groups in total. The maximum Gasteiger partial charge on any atom is 0.433 e. The van der Waals surface area contributed by atoms with Crippen LogP contribution < -0.4 is 10.6 Å². The monoisotopic (exact) mass is 634 g/mol. The molecule has 0 spiro atoms. The lowest BCUT2D eigenvalue weighted by Gasteiger charge is -2.48. The SMILES string of the molecule is C=C(Nc1ccc(C(F)(F)F)nc1-c1cnc(SC)nc1)C1=C(P)C2(C)CCCN2N(Cc2cccc(P)c2F)C1=O. The molecule has 0 saturated carbocycles. The molecule has 0 aliphatic carbocycles. The van der Waals surface area contributed by atoms with Crippen LogP contribution in [-0.2, 0) is 17.5 Å². The first-order chi connectivity index (χ1) is 19.8. The summed E-state index contributed by atoms with van der Waals surface area (Å²) in [6, 6.07) is 7.11. The molecule has 1 aromatic carbocycles. The van der Waals surface area contributed by atoms with Gasteiger partial charge in [-0.25, -0.2) is 24.4 Å². The van der Waals surface area contributed by atoms with Crippen LogP contribution in [0.1, 0.15) is 31.0 Å². The first-order valence-electron chi connectivity index (χ1n) is 12.9. The van der Waals surface area contributed by atoms with Gasteiger partial charge in [-0.1, -0.05) is 36.5 Å². The number of nitrogens with zero attached hydrogens (tertiary/aromatic N) is 5. The fourth-order valence-electron chi connectivity index (χ4n) is 5.27. The van der Waals surface area contributed by atoms with Gasteiger partial charge in [0.15, 0.2) is 5.16 Å². The smallest absolute Gasteiger partial charge is 0.354 e. The number of carbonyl (C=O) groups excluding carboxylic acids is 1. The first-order valence-corrected chi connectivity index (χ1v) is 15.3. The fraction of sp³-hybridized carbons (Fsp3) is 0.286. The van der Waals surface area contributed by atoms with E-state index in [2.05, 4.69) is 45.3 Å². The number of hydrazine groups is 1. The van der Waals surface area contributed by atoms with Crippen molar-refractivity contribution < 1.29 is 22.4 Å². The summed E-state index contributed by atoms with van der Waals surface area (Å²) < 4.78 is 55.8. The lowest BCUT2D eigenvalue weighted by molar-refractivity contribution is -0.155. The Labute approximate surface area is 249 Å². The highest BCUT2D eigenvalue weighted by Gasteiger charge is 2.49. The van der Waals surface area contributed by atoms with Crippen molar-refractivity contribution in [1.29, 1.82) is 0 Å². The van der Waals surface area contributed by atoms with Crippen molar-refractivity contribution in [2.75, 3.05) is 18.1 Å². The molecule has 3 aromatic rings. The number of fused-ring (bicyclic) bond motifs is 1. The molecule has 2 aliphatic rings. The van der Waals surface area contributed by atoms with E-state index < -0.39 is 29.1 Å². The molecular weight excluding hydrogens is 606 g/mol. The average molecular weight is 635 g/mol. The second-order valence-electron chi connectivity index (χ2n) is 10.1. The number of halogens is 4. The number of carbonyl (C=O) groups is 1. The molecule has 2 aliphatic heterocycles. The third-order valence-electron chi connectivity index (χ3n) is 7.48. The summed E-state index contributed by atoms with van der Waals surface area (Å²) in [6.07, 6.45) is 1.46. The molecule has 2 aromatic heterocycles. The predicted octanol–water partition coefficient (Wildman–Crippen LogP) is 5.79. The Hall–Kier alpha value is -2.91. The summed E-state index contributed by atoms with van der Waals surface area (Å²) in [7, 11) is 5.01. The lowest BCUT2D eigenvalue weighted by atomic mass is 9.91. The summed E-state index contributed by atoms with van der Waals surface area (Å²) in [4.78, 5) is 26.3. The number of hydrogen-bond donors (Lipinski definition) is 1. The minimum absolute atomic E-state index is 0.00341. The number of aromatic nitrogens is 3. The highest BCUT2D eigenvalue weighted by molar-refractivity contribution is 7.98. The third kappa shape index (κ3) is 5.57. The highest BCUT2D eigenvalue weighted by Crippen LogP contribution is 2.47. The molecule has 7 nitrogen and oxygen atoms in total.